The molecule has 1 amide bonds. The van der Waals surface area contributed by atoms with Crippen LogP contribution in [-0.2, 0) is 4.79 Å². The maximum absolute atomic E-state index is 13.0. The molecular formula is C21H21N3O3. The van der Waals surface area contributed by atoms with E-state index >= 15 is 0 Å². The lowest BCUT2D eigenvalue weighted by Gasteiger charge is -2.24. The fraction of sp³-hybridized carbons (Fsp3) is 0.238. The number of anilines is 1. The summed E-state index contributed by atoms with van der Waals surface area (Å²) < 4.78 is 0. The van der Waals surface area contributed by atoms with Crippen LogP contribution >= 0.6 is 0 Å². The fourth-order valence-electron chi connectivity index (χ4n) is 3.92. The minimum atomic E-state index is -1.00. The summed E-state index contributed by atoms with van der Waals surface area (Å²) in [6.45, 7) is 0.871. The summed E-state index contributed by atoms with van der Waals surface area (Å²) in [4.78, 5) is 29.0. The molecule has 2 atom stereocenters. The molecular weight excluding hydrogens is 342 g/mol. The summed E-state index contributed by atoms with van der Waals surface area (Å²) in [7, 11) is 1.97. The van der Waals surface area contributed by atoms with E-state index in [1.165, 1.54) is 5.56 Å². The highest BCUT2D eigenvalue weighted by atomic mass is 16.4. The highest BCUT2D eigenvalue weighted by Gasteiger charge is 2.38. The van der Waals surface area contributed by atoms with Crippen LogP contribution in [-0.4, -0.2) is 46.5 Å². The molecule has 2 aromatic carbocycles. The average molecular weight is 363 g/mol. The van der Waals surface area contributed by atoms with Crippen LogP contribution in [0.1, 0.15) is 28.4 Å². The van der Waals surface area contributed by atoms with Crippen LogP contribution in [0, 0.1) is 0 Å². The topological polar surface area (TPSA) is 85.4 Å². The van der Waals surface area contributed by atoms with Crippen molar-refractivity contribution >= 4 is 28.5 Å². The van der Waals surface area contributed by atoms with Crippen molar-refractivity contribution in [2.24, 2.45) is 0 Å². The number of nitrogens with zero attached hydrogens (tertiary/aromatic N) is 1. The third kappa shape index (κ3) is 3.31. The van der Waals surface area contributed by atoms with Gasteiger partial charge in [0.05, 0.1) is 6.04 Å². The predicted molar refractivity (Wildman–Crippen MR) is 104 cm³/mol. The van der Waals surface area contributed by atoms with E-state index in [-0.39, 0.29) is 23.6 Å². The summed E-state index contributed by atoms with van der Waals surface area (Å²) in [6, 6.07) is 16.8. The number of benzene rings is 2. The van der Waals surface area contributed by atoms with Crippen molar-refractivity contribution in [1.29, 1.82) is 0 Å². The van der Waals surface area contributed by atoms with Crippen molar-refractivity contribution in [3.63, 3.8) is 0 Å². The van der Waals surface area contributed by atoms with E-state index in [0.29, 0.717) is 5.69 Å². The van der Waals surface area contributed by atoms with Gasteiger partial charge in [0, 0.05) is 22.5 Å². The van der Waals surface area contributed by atoms with Crippen LogP contribution < -0.4 is 5.32 Å². The van der Waals surface area contributed by atoms with Gasteiger partial charge in [-0.25, -0.2) is 4.79 Å². The van der Waals surface area contributed by atoms with Gasteiger partial charge in [-0.05, 0) is 49.8 Å². The number of H-pyrrole nitrogens is 1. The molecule has 138 valence electrons. The summed E-state index contributed by atoms with van der Waals surface area (Å²) in [5.74, 6) is -0.891. The summed E-state index contributed by atoms with van der Waals surface area (Å²) in [5, 5.41) is 12.9. The van der Waals surface area contributed by atoms with Crippen LogP contribution in [0.2, 0.25) is 0 Å². The van der Waals surface area contributed by atoms with Gasteiger partial charge in [-0.1, -0.05) is 30.3 Å². The number of hydrogen-bond acceptors (Lipinski definition) is 3. The van der Waals surface area contributed by atoms with Crippen LogP contribution in [0.4, 0.5) is 5.69 Å². The number of hydrogen-bond donors (Lipinski definition) is 3. The number of aromatic carboxylic acids is 1. The first kappa shape index (κ1) is 17.3. The normalized spacial score (nSPS) is 20.0. The number of likely N-dealkylation sites (tertiary alicyclic amines) is 1. The lowest BCUT2D eigenvalue weighted by Crippen LogP contribution is -2.40. The number of carbonyl (C=O) groups excluding carboxylic acids is 1. The van der Waals surface area contributed by atoms with Gasteiger partial charge in [-0.15, -0.1) is 0 Å². The zero-order chi connectivity index (χ0) is 19.0. The first-order valence-electron chi connectivity index (χ1n) is 8.95. The number of carbonyl (C=O) groups is 2. The molecule has 1 aliphatic heterocycles. The number of aromatic nitrogens is 1. The second-order valence-electron chi connectivity index (χ2n) is 7.01. The molecule has 1 saturated heterocycles. The lowest BCUT2D eigenvalue weighted by atomic mass is 9.91. The van der Waals surface area contributed by atoms with E-state index in [4.69, 9.17) is 5.11 Å². The van der Waals surface area contributed by atoms with Crippen molar-refractivity contribution < 1.29 is 14.7 Å². The molecule has 1 aromatic heterocycles. The Balaban J connectivity index is 1.57. The van der Waals surface area contributed by atoms with Crippen molar-refractivity contribution in [3.8, 4) is 0 Å². The van der Waals surface area contributed by atoms with Crippen LogP contribution in [0.3, 0.4) is 0 Å². The molecule has 0 aliphatic carbocycles. The number of nitrogens with one attached hydrogen (secondary N) is 2. The van der Waals surface area contributed by atoms with Gasteiger partial charge < -0.3 is 15.4 Å². The molecule has 2 unspecified atom stereocenters. The SMILES string of the molecule is CN1CCC(c2ccccc2)C1C(=O)Nc1ccc2[nH]c(C(=O)O)cc2c1. The van der Waals surface area contributed by atoms with Crippen molar-refractivity contribution in [2.75, 3.05) is 18.9 Å². The highest BCUT2D eigenvalue weighted by molar-refractivity contribution is 5.99. The van der Waals surface area contributed by atoms with E-state index in [0.717, 1.165) is 23.9 Å². The number of carboxylic acids is 1. The van der Waals surface area contributed by atoms with Crippen molar-refractivity contribution in [3.05, 3.63) is 65.9 Å². The van der Waals surface area contributed by atoms with Crippen LogP contribution in [0.15, 0.2) is 54.6 Å². The van der Waals surface area contributed by atoms with Crippen LogP contribution in [0.25, 0.3) is 10.9 Å². The molecule has 6 heteroatoms. The van der Waals surface area contributed by atoms with Gasteiger partial charge in [0.1, 0.15) is 5.69 Å². The Morgan fingerprint density at radius 3 is 2.67 bits per heavy atom. The minimum Gasteiger partial charge on any atom is -0.477 e. The van der Waals surface area contributed by atoms with Gasteiger partial charge in [0.25, 0.3) is 0 Å². The number of fused-ring (bicyclic) bond motifs is 1. The molecule has 0 saturated carbocycles. The molecule has 1 fully saturated rings. The summed E-state index contributed by atoms with van der Waals surface area (Å²) in [5.41, 5.74) is 2.70. The van der Waals surface area contributed by atoms with E-state index < -0.39 is 5.97 Å². The van der Waals surface area contributed by atoms with E-state index in [1.54, 1.807) is 24.3 Å². The molecule has 27 heavy (non-hydrogen) atoms. The van der Waals surface area contributed by atoms with E-state index in [1.807, 2.05) is 25.2 Å². The predicted octanol–water partition coefficient (Wildman–Crippen LogP) is 3.29. The standard InChI is InChI=1S/C21H21N3O3/c1-24-10-9-16(13-5-3-2-4-6-13)19(24)20(25)22-15-7-8-17-14(11-15)12-18(23-17)21(26)27/h2-8,11-12,16,19,23H,9-10H2,1H3,(H,22,25)(H,26,27). The maximum atomic E-state index is 13.0. The lowest BCUT2D eigenvalue weighted by molar-refractivity contribution is -0.120. The minimum absolute atomic E-state index is 0.0443. The molecule has 6 nitrogen and oxygen atoms in total. The second kappa shape index (κ2) is 6.89. The zero-order valence-electron chi connectivity index (χ0n) is 15.0. The van der Waals surface area contributed by atoms with Gasteiger partial charge >= 0.3 is 5.97 Å². The molecule has 4 rings (SSSR count). The Kier molecular flexibility index (Phi) is 4.41. The van der Waals surface area contributed by atoms with Gasteiger partial charge in [-0.2, -0.15) is 0 Å². The fourth-order valence-corrected chi connectivity index (χ4v) is 3.92. The maximum Gasteiger partial charge on any atom is 0.352 e. The van der Waals surface area contributed by atoms with Crippen molar-refractivity contribution in [1.82, 2.24) is 9.88 Å². The monoisotopic (exact) mass is 363 g/mol. The molecule has 3 N–H and O–H groups in total. The molecule has 1 aliphatic rings. The number of carboxylic acid groups (broad SMARTS) is 1. The van der Waals surface area contributed by atoms with Gasteiger partial charge in [-0.3, -0.25) is 9.69 Å². The Hall–Kier alpha value is -3.12. The largest absolute Gasteiger partial charge is 0.477 e. The third-order valence-electron chi connectivity index (χ3n) is 5.26. The molecule has 0 spiro atoms. The molecule has 3 aromatic rings. The Labute approximate surface area is 156 Å². The molecule has 2 heterocycles. The zero-order valence-corrected chi connectivity index (χ0v) is 15.0. The number of rotatable bonds is 4. The Morgan fingerprint density at radius 1 is 1.15 bits per heavy atom. The van der Waals surface area contributed by atoms with Crippen molar-refractivity contribution in [2.45, 2.75) is 18.4 Å². The smallest absolute Gasteiger partial charge is 0.352 e. The van der Waals surface area contributed by atoms with Gasteiger partial charge in [0.2, 0.25) is 5.91 Å². The summed E-state index contributed by atoms with van der Waals surface area (Å²) >= 11 is 0. The van der Waals surface area contributed by atoms with E-state index in [9.17, 15) is 9.59 Å². The third-order valence-corrected chi connectivity index (χ3v) is 5.26. The first-order chi connectivity index (χ1) is 13.0. The van der Waals surface area contributed by atoms with Crippen LogP contribution in [0.5, 0.6) is 0 Å². The average Bonchev–Trinajstić information content (AvgIpc) is 3.25. The number of aromatic amines is 1. The quantitative estimate of drug-likeness (QED) is 0.664. The number of amides is 1. The summed E-state index contributed by atoms with van der Waals surface area (Å²) in [6.07, 6.45) is 0.942. The Bertz CT molecular complexity index is 996. The highest BCUT2D eigenvalue weighted by Crippen LogP contribution is 2.33. The van der Waals surface area contributed by atoms with Gasteiger partial charge in [0.15, 0.2) is 0 Å². The first-order valence-corrected chi connectivity index (χ1v) is 8.95. The molecule has 0 radical (unpaired) electrons. The molecule has 0 bridgehead atoms. The Morgan fingerprint density at radius 2 is 1.93 bits per heavy atom. The number of likely N-dealkylation sites (N-methyl/N-ethyl adjacent to an activating group) is 1. The van der Waals surface area contributed by atoms with E-state index in [2.05, 4.69) is 27.3 Å². The second-order valence-corrected chi connectivity index (χ2v) is 7.01.